The third-order valence-electron chi connectivity index (χ3n) is 2.85. The predicted octanol–water partition coefficient (Wildman–Crippen LogP) is 2.52. The van der Waals surface area contributed by atoms with Crippen molar-refractivity contribution in [2.45, 2.75) is 13.5 Å². The number of nitrogens with zero attached hydrogens (tertiary/aromatic N) is 3. The van der Waals surface area contributed by atoms with Crippen molar-refractivity contribution in [1.29, 1.82) is 0 Å². The van der Waals surface area contributed by atoms with Crippen molar-refractivity contribution in [3.05, 3.63) is 85.8 Å². The molecule has 6 heteroatoms. The summed E-state index contributed by atoms with van der Waals surface area (Å²) in [5, 5.41) is 10.7. The van der Waals surface area contributed by atoms with Gasteiger partial charge in [0.2, 0.25) is 0 Å². The second kappa shape index (κ2) is 9.21. The molecule has 2 fully saturated rings. The predicted molar refractivity (Wildman–Crippen MR) is 75.6 cm³/mol. The van der Waals surface area contributed by atoms with E-state index in [1.54, 1.807) is 11.5 Å². The first kappa shape index (κ1) is 18.2. The Bertz CT molecular complexity index is 431. The summed E-state index contributed by atoms with van der Waals surface area (Å²) >= 11 is 0. The van der Waals surface area contributed by atoms with Gasteiger partial charge in [0, 0.05) is 12.8 Å². The normalized spacial score (nSPS) is 18.0. The molecule has 108 valence electrons. The van der Waals surface area contributed by atoms with Gasteiger partial charge >= 0.3 is 22.9 Å². The summed E-state index contributed by atoms with van der Waals surface area (Å²) in [6.07, 6.45) is 19.0. The maximum absolute atomic E-state index is 10.7. The van der Waals surface area contributed by atoms with Crippen molar-refractivity contribution >= 4 is 5.82 Å². The fraction of sp³-hybridized carbons (Fsp3) is 0.133. The van der Waals surface area contributed by atoms with Crippen LogP contribution in [0.5, 0.6) is 0 Å². The Balaban J connectivity index is 0.000000313. The smallest absolute Gasteiger partial charge is 0.358 e. The minimum Gasteiger partial charge on any atom is -0.358 e. The van der Waals surface area contributed by atoms with Gasteiger partial charge < -0.3 is 10.1 Å². The van der Waals surface area contributed by atoms with Gasteiger partial charge in [0.15, 0.2) is 5.82 Å². The minimum absolute atomic E-state index is 0. The van der Waals surface area contributed by atoms with E-state index >= 15 is 0 Å². The number of hydrogen-bond donors (Lipinski definition) is 0. The van der Waals surface area contributed by atoms with E-state index in [-0.39, 0.29) is 22.9 Å². The van der Waals surface area contributed by atoms with Crippen LogP contribution < -0.4 is 0 Å². The molecule has 1 heterocycles. The molecule has 2 aliphatic carbocycles. The molecule has 0 bridgehead atoms. The van der Waals surface area contributed by atoms with Crippen molar-refractivity contribution in [2.24, 2.45) is 0 Å². The molecule has 0 atom stereocenters. The van der Waals surface area contributed by atoms with Crippen LogP contribution in [0.3, 0.4) is 0 Å². The molecule has 5 nitrogen and oxygen atoms in total. The zero-order valence-electron chi connectivity index (χ0n) is 11.5. The molecule has 0 aliphatic heterocycles. The topological polar surface area (TPSA) is 61.0 Å². The Labute approximate surface area is 137 Å². The molecule has 0 spiro atoms. The SMILES string of the molecule is Cc1ncc([N+](=O)[O-])n1C[C]1[CH][CH][CH][CH]1.[CH]1[CH][CH][CH][CH]1.[Fe+2]. The van der Waals surface area contributed by atoms with Crippen LogP contribution in [0, 0.1) is 80.7 Å². The van der Waals surface area contributed by atoms with Crippen molar-refractivity contribution in [3.8, 4) is 0 Å². The molecule has 0 saturated heterocycles. The Hall–Kier alpha value is -0.871. The second-order valence-corrected chi connectivity index (χ2v) is 4.26. The van der Waals surface area contributed by atoms with E-state index in [0.29, 0.717) is 12.4 Å². The average molecular weight is 325 g/mol. The first-order valence-electron chi connectivity index (χ1n) is 6.22. The zero-order chi connectivity index (χ0) is 14.4. The summed E-state index contributed by atoms with van der Waals surface area (Å²) in [6.45, 7) is 2.26. The van der Waals surface area contributed by atoms with Gasteiger partial charge in [0.25, 0.3) is 0 Å². The van der Waals surface area contributed by atoms with Crippen molar-refractivity contribution in [3.63, 3.8) is 0 Å². The average Bonchev–Trinajstić information content (AvgIpc) is 3.15. The van der Waals surface area contributed by atoms with E-state index in [2.05, 4.69) is 4.98 Å². The van der Waals surface area contributed by atoms with E-state index in [0.717, 1.165) is 5.92 Å². The summed E-state index contributed by atoms with van der Waals surface area (Å²) in [4.78, 5) is 14.2. The first-order valence-corrected chi connectivity index (χ1v) is 6.22. The van der Waals surface area contributed by atoms with Crippen molar-refractivity contribution < 1.29 is 22.0 Å². The summed E-state index contributed by atoms with van der Waals surface area (Å²) in [5.41, 5.74) is 0. The Morgan fingerprint density at radius 3 is 2.10 bits per heavy atom. The van der Waals surface area contributed by atoms with Gasteiger partial charge in [-0.3, -0.25) is 0 Å². The first-order chi connectivity index (χ1) is 9.68. The van der Waals surface area contributed by atoms with E-state index in [1.807, 2.05) is 57.8 Å². The quantitative estimate of drug-likeness (QED) is 0.487. The van der Waals surface area contributed by atoms with Crippen LogP contribution in [0.25, 0.3) is 0 Å². The standard InChI is InChI=1S/C10H10N3O2.C5H5.Fe/c1-8-11-6-10(13(14)15)12(8)7-9-4-2-3-5-9;1-2-4-5-3-1;/h2-6H,7H2,1H3;1-5H;/q;;+2. The molecule has 0 amide bonds. The maximum Gasteiger partial charge on any atom is 2.00 e. The van der Waals surface area contributed by atoms with Gasteiger partial charge in [-0.1, -0.05) is 0 Å². The molecular weight excluding hydrogens is 310 g/mol. The number of hydrogen-bond acceptors (Lipinski definition) is 3. The van der Waals surface area contributed by atoms with Crippen LogP contribution in [-0.2, 0) is 23.6 Å². The van der Waals surface area contributed by atoms with Crippen LogP contribution in [0.1, 0.15) is 5.82 Å². The number of rotatable bonds is 3. The molecule has 0 unspecified atom stereocenters. The monoisotopic (exact) mass is 325 g/mol. The third-order valence-corrected chi connectivity index (χ3v) is 2.85. The van der Waals surface area contributed by atoms with Crippen LogP contribution in [-0.4, -0.2) is 14.5 Å². The van der Waals surface area contributed by atoms with Crippen LogP contribution in [0.4, 0.5) is 5.82 Å². The molecule has 3 rings (SSSR count). The van der Waals surface area contributed by atoms with Crippen molar-refractivity contribution in [2.75, 3.05) is 0 Å². The fourth-order valence-electron chi connectivity index (χ4n) is 1.82. The van der Waals surface area contributed by atoms with Crippen LogP contribution in [0.15, 0.2) is 6.20 Å². The van der Waals surface area contributed by atoms with E-state index in [4.69, 9.17) is 0 Å². The van der Waals surface area contributed by atoms with Crippen LogP contribution in [0.2, 0.25) is 0 Å². The molecule has 21 heavy (non-hydrogen) atoms. The summed E-state index contributed by atoms with van der Waals surface area (Å²) < 4.78 is 1.59. The van der Waals surface area contributed by atoms with E-state index in [1.165, 1.54) is 6.20 Å². The number of aryl methyl sites for hydroxylation is 1. The van der Waals surface area contributed by atoms with Gasteiger partial charge in [-0.15, -0.1) is 0 Å². The molecule has 10 radical (unpaired) electrons. The molecule has 0 N–H and O–H groups in total. The van der Waals surface area contributed by atoms with Gasteiger partial charge in [0.1, 0.15) is 6.20 Å². The molecule has 2 saturated carbocycles. The van der Waals surface area contributed by atoms with Gasteiger partial charge in [-0.05, 0) is 62.7 Å². The molecule has 1 aromatic heterocycles. The van der Waals surface area contributed by atoms with Crippen molar-refractivity contribution in [1.82, 2.24) is 9.55 Å². The largest absolute Gasteiger partial charge is 2.00 e. The number of aromatic nitrogens is 2. The molecule has 1 aromatic rings. The number of imidazole rings is 1. The van der Waals surface area contributed by atoms with Gasteiger partial charge in [-0.2, -0.15) is 0 Å². The maximum atomic E-state index is 10.7. The fourth-order valence-corrected chi connectivity index (χ4v) is 1.82. The second-order valence-electron chi connectivity index (χ2n) is 4.26. The molecular formula is C15H15FeN3O2+2. The molecule has 0 aromatic carbocycles. The third kappa shape index (κ3) is 5.44. The summed E-state index contributed by atoms with van der Waals surface area (Å²) in [5.74, 6) is 1.73. The summed E-state index contributed by atoms with van der Waals surface area (Å²) in [6, 6.07) is 0. The van der Waals surface area contributed by atoms with Gasteiger partial charge in [-0.25, -0.2) is 9.55 Å². The Morgan fingerprint density at radius 1 is 1.10 bits per heavy atom. The van der Waals surface area contributed by atoms with Crippen LogP contribution >= 0.6 is 0 Å². The van der Waals surface area contributed by atoms with Gasteiger partial charge in [0.05, 0.1) is 6.54 Å². The Kier molecular flexibility index (Phi) is 7.97. The Morgan fingerprint density at radius 2 is 1.62 bits per heavy atom. The summed E-state index contributed by atoms with van der Waals surface area (Å²) in [7, 11) is 0. The number of nitro groups is 1. The zero-order valence-corrected chi connectivity index (χ0v) is 12.6. The molecule has 2 aliphatic rings. The van der Waals surface area contributed by atoms with E-state index in [9.17, 15) is 10.1 Å². The van der Waals surface area contributed by atoms with E-state index < -0.39 is 4.92 Å². The minimum atomic E-state index is -0.414.